The van der Waals surface area contributed by atoms with Crippen molar-refractivity contribution < 1.29 is 0 Å². The number of hydrogen-bond acceptors (Lipinski definition) is 2. The summed E-state index contributed by atoms with van der Waals surface area (Å²) in [6.45, 7) is 6.36. The molecule has 0 aliphatic carbocycles. The first-order valence-corrected chi connectivity index (χ1v) is 7.35. The Labute approximate surface area is 129 Å². The predicted molar refractivity (Wildman–Crippen MR) is 88.7 cm³/mol. The number of fused-ring (bicyclic) bond motifs is 1. The molecule has 0 aliphatic rings. The van der Waals surface area contributed by atoms with E-state index in [4.69, 9.17) is 11.6 Å². The molecular formula is C18H17ClN2. The summed E-state index contributed by atoms with van der Waals surface area (Å²) in [4.78, 5) is 9.07. The summed E-state index contributed by atoms with van der Waals surface area (Å²) >= 11 is 6.17. The van der Waals surface area contributed by atoms with Crippen LogP contribution >= 0.6 is 11.6 Å². The summed E-state index contributed by atoms with van der Waals surface area (Å²) < 4.78 is 0. The van der Waals surface area contributed by atoms with E-state index < -0.39 is 0 Å². The lowest BCUT2D eigenvalue weighted by atomic mass is 9.92. The molecule has 3 aromatic rings. The Hall–Kier alpha value is -1.93. The van der Waals surface area contributed by atoms with Gasteiger partial charge in [-0.3, -0.25) is 0 Å². The summed E-state index contributed by atoms with van der Waals surface area (Å²) in [6, 6.07) is 16.3. The van der Waals surface area contributed by atoms with Crippen molar-refractivity contribution >= 4 is 22.4 Å². The molecule has 0 saturated carbocycles. The van der Waals surface area contributed by atoms with E-state index in [1.54, 1.807) is 0 Å². The highest BCUT2D eigenvalue weighted by Crippen LogP contribution is 2.27. The molecule has 106 valence electrons. The van der Waals surface area contributed by atoms with Gasteiger partial charge in [0.1, 0.15) is 5.15 Å². The van der Waals surface area contributed by atoms with Gasteiger partial charge in [0.15, 0.2) is 5.82 Å². The minimum absolute atomic E-state index is 0.0574. The maximum absolute atomic E-state index is 6.17. The Bertz CT molecular complexity index is 804. The summed E-state index contributed by atoms with van der Waals surface area (Å²) in [5.74, 6) is 0.679. The van der Waals surface area contributed by atoms with Gasteiger partial charge in [0, 0.05) is 11.0 Å². The van der Waals surface area contributed by atoms with E-state index in [0.717, 1.165) is 11.3 Å². The van der Waals surface area contributed by atoms with Crippen LogP contribution in [0.15, 0.2) is 48.5 Å². The Balaban J connectivity index is 2.16. The first-order chi connectivity index (χ1) is 9.93. The van der Waals surface area contributed by atoms with Crippen LogP contribution < -0.4 is 0 Å². The van der Waals surface area contributed by atoms with Gasteiger partial charge in [0.25, 0.3) is 0 Å². The highest BCUT2D eigenvalue weighted by atomic mass is 35.5. The zero-order valence-electron chi connectivity index (χ0n) is 12.4. The molecule has 1 aromatic heterocycles. The van der Waals surface area contributed by atoms with Gasteiger partial charge in [-0.15, -0.1) is 0 Å². The van der Waals surface area contributed by atoms with Crippen molar-refractivity contribution in [3.63, 3.8) is 0 Å². The third-order valence-corrected chi connectivity index (χ3v) is 3.66. The molecule has 0 radical (unpaired) electrons. The number of aromatic nitrogens is 2. The van der Waals surface area contributed by atoms with E-state index in [1.807, 2.05) is 24.3 Å². The zero-order chi connectivity index (χ0) is 15.0. The first kappa shape index (κ1) is 14.0. The van der Waals surface area contributed by atoms with Crippen LogP contribution in [0.2, 0.25) is 5.15 Å². The van der Waals surface area contributed by atoms with Gasteiger partial charge < -0.3 is 0 Å². The molecule has 0 unspecified atom stereocenters. The molecular weight excluding hydrogens is 280 g/mol. The average Bonchev–Trinajstić information content (AvgIpc) is 2.45. The maximum atomic E-state index is 6.17. The number of hydrogen-bond donors (Lipinski definition) is 0. The lowest BCUT2D eigenvalue weighted by Crippen LogP contribution is -2.14. The summed E-state index contributed by atoms with van der Waals surface area (Å²) in [7, 11) is 0. The van der Waals surface area contributed by atoms with Gasteiger partial charge in [-0.05, 0) is 22.9 Å². The van der Waals surface area contributed by atoms with E-state index >= 15 is 0 Å². The van der Waals surface area contributed by atoms with Crippen molar-refractivity contribution in [1.29, 1.82) is 0 Å². The first-order valence-electron chi connectivity index (χ1n) is 6.98. The van der Waals surface area contributed by atoms with Crippen molar-refractivity contribution in [2.24, 2.45) is 0 Å². The molecule has 3 rings (SSSR count). The number of benzene rings is 2. The fourth-order valence-electron chi connectivity index (χ4n) is 2.26. The normalized spacial score (nSPS) is 11.8. The third-order valence-electron chi connectivity index (χ3n) is 3.47. The van der Waals surface area contributed by atoms with Crippen LogP contribution in [0.5, 0.6) is 0 Å². The van der Waals surface area contributed by atoms with Gasteiger partial charge >= 0.3 is 0 Å². The molecule has 0 aliphatic heterocycles. The van der Waals surface area contributed by atoms with Crippen molar-refractivity contribution in [2.45, 2.75) is 26.2 Å². The van der Waals surface area contributed by atoms with Crippen LogP contribution in [0.3, 0.4) is 0 Å². The molecule has 0 amide bonds. The van der Waals surface area contributed by atoms with E-state index in [9.17, 15) is 0 Å². The molecule has 0 fully saturated rings. The van der Waals surface area contributed by atoms with E-state index in [1.165, 1.54) is 10.8 Å². The Kier molecular flexibility index (Phi) is 3.42. The van der Waals surface area contributed by atoms with E-state index in [0.29, 0.717) is 11.0 Å². The van der Waals surface area contributed by atoms with Gasteiger partial charge in [-0.25, -0.2) is 9.97 Å². The quantitative estimate of drug-likeness (QED) is 0.573. The molecule has 0 atom stereocenters. The van der Waals surface area contributed by atoms with Crippen molar-refractivity contribution in [1.82, 2.24) is 9.97 Å². The minimum atomic E-state index is -0.0574. The molecule has 0 spiro atoms. The molecule has 21 heavy (non-hydrogen) atoms. The molecule has 0 saturated heterocycles. The number of halogens is 1. The SMILES string of the molecule is CC(C)(C)c1cc(Cl)nc(-c2ccc3ccccc3c2)n1. The molecule has 0 N–H and O–H groups in total. The topological polar surface area (TPSA) is 25.8 Å². The van der Waals surface area contributed by atoms with Crippen LogP contribution in [0.25, 0.3) is 22.2 Å². The summed E-state index contributed by atoms with van der Waals surface area (Å²) in [6.07, 6.45) is 0. The Morgan fingerprint density at radius 1 is 0.857 bits per heavy atom. The van der Waals surface area contributed by atoms with Crippen LogP contribution in [-0.2, 0) is 5.41 Å². The van der Waals surface area contributed by atoms with Crippen molar-refractivity contribution in [3.05, 3.63) is 59.4 Å². The standard InChI is InChI=1S/C18H17ClN2/c1-18(2,3)15-11-16(19)21-17(20-15)14-9-8-12-6-4-5-7-13(12)10-14/h4-11H,1-3H3. The Morgan fingerprint density at radius 2 is 1.57 bits per heavy atom. The summed E-state index contributed by atoms with van der Waals surface area (Å²) in [5, 5.41) is 2.87. The second-order valence-electron chi connectivity index (χ2n) is 6.21. The monoisotopic (exact) mass is 296 g/mol. The van der Waals surface area contributed by atoms with Gasteiger partial charge in [0.05, 0.1) is 5.69 Å². The van der Waals surface area contributed by atoms with Crippen LogP contribution in [-0.4, -0.2) is 9.97 Å². The molecule has 2 aromatic carbocycles. The smallest absolute Gasteiger partial charge is 0.161 e. The maximum Gasteiger partial charge on any atom is 0.161 e. The van der Waals surface area contributed by atoms with Crippen molar-refractivity contribution in [3.8, 4) is 11.4 Å². The summed E-state index contributed by atoms with van der Waals surface area (Å²) in [5.41, 5.74) is 1.88. The lowest BCUT2D eigenvalue weighted by molar-refractivity contribution is 0.568. The highest BCUT2D eigenvalue weighted by Gasteiger charge is 2.18. The van der Waals surface area contributed by atoms with Gasteiger partial charge in [0.2, 0.25) is 0 Å². The van der Waals surface area contributed by atoms with E-state index in [-0.39, 0.29) is 5.41 Å². The fraction of sp³-hybridized carbons (Fsp3) is 0.222. The number of nitrogens with zero attached hydrogens (tertiary/aromatic N) is 2. The van der Waals surface area contributed by atoms with Gasteiger partial charge in [-0.2, -0.15) is 0 Å². The van der Waals surface area contributed by atoms with Crippen LogP contribution in [0.4, 0.5) is 0 Å². The molecule has 3 heteroatoms. The van der Waals surface area contributed by atoms with Gasteiger partial charge in [-0.1, -0.05) is 68.8 Å². The highest BCUT2D eigenvalue weighted by molar-refractivity contribution is 6.29. The third kappa shape index (κ3) is 2.91. The molecule has 1 heterocycles. The van der Waals surface area contributed by atoms with Crippen LogP contribution in [0.1, 0.15) is 26.5 Å². The lowest BCUT2D eigenvalue weighted by Gasteiger charge is -2.18. The second-order valence-corrected chi connectivity index (χ2v) is 6.60. The van der Waals surface area contributed by atoms with Crippen molar-refractivity contribution in [2.75, 3.05) is 0 Å². The van der Waals surface area contributed by atoms with Crippen LogP contribution in [0, 0.1) is 0 Å². The zero-order valence-corrected chi connectivity index (χ0v) is 13.1. The second kappa shape index (κ2) is 5.12. The Morgan fingerprint density at radius 3 is 2.29 bits per heavy atom. The molecule has 2 nitrogen and oxygen atoms in total. The minimum Gasteiger partial charge on any atom is -0.232 e. The number of rotatable bonds is 1. The predicted octanol–water partition coefficient (Wildman–Crippen LogP) is 5.25. The largest absolute Gasteiger partial charge is 0.232 e. The fourth-order valence-corrected chi connectivity index (χ4v) is 2.44. The molecule has 0 bridgehead atoms. The average molecular weight is 297 g/mol. The van der Waals surface area contributed by atoms with E-state index in [2.05, 4.69) is 55.0 Å².